The largest absolute Gasteiger partial charge is 0.455 e. The molecule has 0 aliphatic carbocycles. The Morgan fingerprint density at radius 1 is 0.291 bits per heavy atom. The number of nitrogens with zero attached hydrogens (tertiary/aromatic N) is 1. The van der Waals surface area contributed by atoms with Crippen molar-refractivity contribution in [2.75, 3.05) is 4.90 Å². The molecule has 11 rings (SSSR count). The first-order valence-corrected chi connectivity index (χ1v) is 18.7. The minimum absolute atomic E-state index is 0.858. The lowest BCUT2D eigenvalue weighted by molar-refractivity contribution is 0.669. The van der Waals surface area contributed by atoms with Crippen LogP contribution in [0.15, 0.2) is 209 Å². The third kappa shape index (κ3) is 5.20. The van der Waals surface area contributed by atoms with Crippen molar-refractivity contribution in [3.8, 4) is 33.4 Å². The summed E-state index contributed by atoms with van der Waals surface area (Å²) in [6.45, 7) is 0. The lowest BCUT2D eigenvalue weighted by atomic mass is 9.95. The van der Waals surface area contributed by atoms with Crippen molar-refractivity contribution in [1.29, 1.82) is 0 Å². The summed E-state index contributed by atoms with van der Waals surface area (Å²) in [6, 6.07) is 70.8. The number of hydrogen-bond acceptors (Lipinski definition) is 3. The van der Waals surface area contributed by atoms with Gasteiger partial charge in [-0.15, -0.1) is 0 Å². The molecule has 0 N–H and O–H groups in total. The van der Waals surface area contributed by atoms with Crippen molar-refractivity contribution >= 4 is 71.7 Å². The average Bonchev–Trinajstić information content (AvgIpc) is 3.83. The van der Waals surface area contributed by atoms with Gasteiger partial charge in [0.05, 0.1) is 5.69 Å². The topological polar surface area (TPSA) is 29.5 Å². The van der Waals surface area contributed by atoms with Gasteiger partial charge in [-0.05, 0) is 93.4 Å². The molecule has 3 nitrogen and oxygen atoms in total. The lowest BCUT2D eigenvalue weighted by Crippen LogP contribution is -2.10. The molecule has 3 heteroatoms. The van der Waals surface area contributed by atoms with E-state index >= 15 is 0 Å². The molecule has 0 bridgehead atoms. The van der Waals surface area contributed by atoms with Crippen molar-refractivity contribution < 1.29 is 8.83 Å². The van der Waals surface area contributed by atoms with E-state index in [1.807, 2.05) is 12.1 Å². The van der Waals surface area contributed by atoms with Crippen LogP contribution in [0.25, 0.3) is 88.0 Å². The highest BCUT2D eigenvalue weighted by molar-refractivity contribution is 6.19. The van der Waals surface area contributed by atoms with Gasteiger partial charge in [-0.25, -0.2) is 0 Å². The van der Waals surface area contributed by atoms with Crippen LogP contribution in [0.3, 0.4) is 0 Å². The van der Waals surface area contributed by atoms with Crippen molar-refractivity contribution in [2.24, 2.45) is 0 Å². The number of benzene rings is 9. The molecule has 0 saturated carbocycles. The zero-order valence-electron chi connectivity index (χ0n) is 29.8. The second kappa shape index (κ2) is 12.6. The minimum Gasteiger partial charge on any atom is -0.455 e. The highest BCUT2D eigenvalue weighted by Gasteiger charge is 2.20. The van der Waals surface area contributed by atoms with E-state index < -0.39 is 0 Å². The lowest BCUT2D eigenvalue weighted by Gasteiger charge is -2.26. The van der Waals surface area contributed by atoms with Crippen LogP contribution >= 0.6 is 0 Å². The summed E-state index contributed by atoms with van der Waals surface area (Å²) in [4.78, 5) is 2.30. The molecule has 258 valence electrons. The van der Waals surface area contributed by atoms with Gasteiger partial charge >= 0.3 is 0 Å². The van der Waals surface area contributed by atoms with E-state index in [0.717, 1.165) is 83.0 Å². The Morgan fingerprint density at radius 2 is 0.855 bits per heavy atom. The number of anilines is 3. The SMILES string of the molecule is c1ccc(-c2cccc(N(c3ccc(-c4ccc5c(c4)oc4c6ccccc6c(-c6ccccc6)cc54)cc3)c3cccc4c3oc3ccccc34)c2)cc1. The maximum Gasteiger partial charge on any atom is 0.159 e. The monoisotopic (exact) mass is 703 g/mol. The summed E-state index contributed by atoms with van der Waals surface area (Å²) < 4.78 is 13.3. The third-order valence-corrected chi connectivity index (χ3v) is 10.9. The van der Waals surface area contributed by atoms with E-state index in [4.69, 9.17) is 8.83 Å². The predicted octanol–water partition coefficient (Wildman–Crippen LogP) is 15.1. The van der Waals surface area contributed by atoms with Gasteiger partial charge < -0.3 is 13.7 Å². The van der Waals surface area contributed by atoms with Gasteiger partial charge in [-0.2, -0.15) is 0 Å². The Balaban J connectivity index is 1.03. The van der Waals surface area contributed by atoms with Gasteiger partial charge in [0.15, 0.2) is 5.58 Å². The Morgan fingerprint density at radius 3 is 1.67 bits per heavy atom. The van der Waals surface area contributed by atoms with Gasteiger partial charge in [0.2, 0.25) is 0 Å². The number of hydrogen-bond donors (Lipinski definition) is 0. The van der Waals surface area contributed by atoms with Gasteiger partial charge in [0.1, 0.15) is 16.7 Å². The zero-order chi connectivity index (χ0) is 36.3. The van der Waals surface area contributed by atoms with Crippen LogP contribution in [0.1, 0.15) is 0 Å². The number of para-hydroxylation sites is 2. The average molecular weight is 704 g/mol. The smallest absolute Gasteiger partial charge is 0.159 e. The molecule has 0 amide bonds. The molecule has 0 radical (unpaired) electrons. The van der Waals surface area contributed by atoms with Crippen LogP contribution in [0, 0.1) is 0 Å². The molecule has 0 aliphatic rings. The van der Waals surface area contributed by atoms with Gasteiger partial charge in [0, 0.05) is 38.3 Å². The quantitative estimate of drug-likeness (QED) is 0.173. The molecule has 11 aromatic rings. The molecule has 0 saturated heterocycles. The van der Waals surface area contributed by atoms with E-state index in [2.05, 4.69) is 193 Å². The Labute approximate surface area is 317 Å². The van der Waals surface area contributed by atoms with Crippen LogP contribution in [0.4, 0.5) is 17.1 Å². The zero-order valence-corrected chi connectivity index (χ0v) is 29.8. The first-order chi connectivity index (χ1) is 27.3. The second-order valence-electron chi connectivity index (χ2n) is 14.1. The summed E-state index contributed by atoms with van der Waals surface area (Å²) in [7, 11) is 0. The minimum atomic E-state index is 0.858. The summed E-state index contributed by atoms with van der Waals surface area (Å²) in [5.74, 6) is 0. The first kappa shape index (κ1) is 31.2. The summed E-state index contributed by atoms with van der Waals surface area (Å²) in [6.07, 6.45) is 0. The number of fused-ring (bicyclic) bond motifs is 8. The van der Waals surface area contributed by atoms with Crippen LogP contribution in [-0.4, -0.2) is 0 Å². The molecule has 2 aromatic heterocycles. The summed E-state index contributed by atoms with van der Waals surface area (Å²) >= 11 is 0. The molecule has 0 spiro atoms. The highest BCUT2D eigenvalue weighted by atomic mass is 16.3. The van der Waals surface area contributed by atoms with Crippen molar-refractivity contribution in [1.82, 2.24) is 0 Å². The Bertz CT molecular complexity index is 3190. The molecule has 55 heavy (non-hydrogen) atoms. The molecule has 0 unspecified atom stereocenters. The highest BCUT2D eigenvalue weighted by Crippen LogP contribution is 2.44. The van der Waals surface area contributed by atoms with Gasteiger partial charge in [-0.3, -0.25) is 0 Å². The Hall–Kier alpha value is -7.36. The van der Waals surface area contributed by atoms with Crippen molar-refractivity contribution in [3.05, 3.63) is 200 Å². The maximum absolute atomic E-state index is 6.69. The second-order valence-corrected chi connectivity index (χ2v) is 14.1. The van der Waals surface area contributed by atoms with Gasteiger partial charge in [-0.1, -0.05) is 146 Å². The van der Waals surface area contributed by atoms with E-state index in [0.29, 0.717) is 0 Å². The summed E-state index contributed by atoms with van der Waals surface area (Å²) in [5.41, 5.74) is 13.5. The van der Waals surface area contributed by atoms with Crippen LogP contribution in [-0.2, 0) is 0 Å². The standard InChI is InChI=1S/C52H33NO2/c1-3-13-34(14-4-1)37-17-11-18-40(31-37)53(48-23-12-22-45-42-20-9-10-24-49(42)54-52(45)48)39-28-25-35(26-29-39)38-27-30-43-47-33-46(36-15-5-2-6-16-36)41-19-7-8-21-44(41)51(47)55-50(43)32-38/h1-33H. The fraction of sp³-hybridized carbons (Fsp3) is 0. The Kier molecular flexibility index (Phi) is 7.17. The fourth-order valence-electron chi connectivity index (χ4n) is 8.23. The van der Waals surface area contributed by atoms with E-state index in [-0.39, 0.29) is 0 Å². The third-order valence-electron chi connectivity index (χ3n) is 10.9. The molecule has 0 atom stereocenters. The van der Waals surface area contributed by atoms with Crippen molar-refractivity contribution in [3.63, 3.8) is 0 Å². The van der Waals surface area contributed by atoms with Gasteiger partial charge in [0.25, 0.3) is 0 Å². The number of furan rings is 2. The molecule has 0 aliphatic heterocycles. The van der Waals surface area contributed by atoms with Crippen molar-refractivity contribution in [2.45, 2.75) is 0 Å². The summed E-state index contributed by atoms with van der Waals surface area (Å²) in [5, 5.41) is 6.75. The predicted molar refractivity (Wildman–Crippen MR) is 229 cm³/mol. The normalized spacial score (nSPS) is 11.6. The van der Waals surface area contributed by atoms with Crippen LogP contribution in [0.2, 0.25) is 0 Å². The molecule has 9 aromatic carbocycles. The molecular formula is C52H33NO2. The molecule has 2 heterocycles. The fourth-order valence-corrected chi connectivity index (χ4v) is 8.23. The van der Waals surface area contributed by atoms with E-state index in [9.17, 15) is 0 Å². The molecule has 0 fully saturated rings. The van der Waals surface area contributed by atoms with Crippen LogP contribution in [0.5, 0.6) is 0 Å². The first-order valence-electron chi connectivity index (χ1n) is 18.7. The maximum atomic E-state index is 6.69. The van der Waals surface area contributed by atoms with E-state index in [1.165, 1.54) is 22.1 Å². The molecular weight excluding hydrogens is 671 g/mol. The number of rotatable bonds is 6. The van der Waals surface area contributed by atoms with E-state index in [1.54, 1.807) is 0 Å². The van der Waals surface area contributed by atoms with Crippen LogP contribution < -0.4 is 4.90 Å².